The van der Waals surface area contributed by atoms with Gasteiger partial charge in [0, 0.05) is 5.39 Å². The minimum Gasteiger partial charge on any atom is -0.497 e. The average molecular weight is 318 g/mol. The summed E-state index contributed by atoms with van der Waals surface area (Å²) < 4.78 is 19.1. The summed E-state index contributed by atoms with van der Waals surface area (Å²) in [7, 11) is 1.59. The lowest BCUT2D eigenvalue weighted by molar-refractivity contribution is 0.414. The molecule has 4 nitrogen and oxygen atoms in total. The van der Waals surface area contributed by atoms with Gasteiger partial charge in [-0.1, -0.05) is 35.9 Å². The van der Waals surface area contributed by atoms with Crippen LogP contribution < -0.4 is 10.5 Å². The first-order valence-electron chi connectivity index (χ1n) is 6.61. The number of ether oxygens (including phenoxy) is 1. The number of hydrogen-bond donors (Lipinski definition) is 1. The first-order chi connectivity index (χ1) is 10.6. The normalized spacial score (nSPS) is 12.4. The Morgan fingerprint density at radius 3 is 2.55 bits per heavy atom. The standard InChI is InChI=1S/C16H13ClFN3O/c1-22-10-7-5-9(6-8-10)14(19)15-11-3-2-4-12(18)13(11)16(17)21-20-15/h2-8,14H,19H2,1H3. The minimum atomic E-state index is -0.542. The maximum atomic E-state index is 14.0. The predicted molar refractivity (Wildman–Crippen MR) is 83.5 cm³/mol. The molecule has 1 unspecified atom stereocenters. The van der Waals surface area contributed by atoms with Crippen LogP contribution in [-0.2, 0) is 0 Å². The molecule has 0 aliphatic rings. The lowest BCUT2D eigenvalue weighted by Gasteiger charge is -2.14. The number of nitrogens with two attached hydrogens (primary N) is 1. The first-order valence-corrected chi connectivity index (χ1v) is 6.99. The molecule has 22 heavy (non-hydrogen) atoms. The number of nitrogens with zero attached hydrogens (tertiary/aromatic N) is 2. The Kier molecular flexibility index (Phi) is 3.92. The van der Waals surface area contributed by atoms with Crippen LogP contribution in [0.25, 0.3) is 10.8 Å². The molecule has 6 heteroatoms. The van der Waals surface area contributed by atoms with Crippen LogP contribution in [0.3, 0.4) is 0 Å². The van der Waals surface area contributed by atoms with E-state index >= 15 is 0 Å². The van der Waals surface area contributed by atoms with E-state index in [4.69, 9.17) is 22.1 Å². The second-order valence-electron chi connectivity index (χ2n) is 4.79. The summed E-state index contributed by atoms with van der Waals surface area (Å²) in [5.74, 6) is 0.287. The summed E-state index contributed by atoms with van der Waals surface area (Å²) in [6.07, 6.45) is 0. The van der Waals surface area contributed by atoms with Gasteiger partial charge in [-0.25, -0.2) is 4.39 Å². The zero-order valence-electron chi connectivity index (χ0n) is 11.8. The van der Waals surface area contributed by atoms with Crippen LogP contribution in [0.4, 0.5) is 4.39 Å². The lowest BCUT2D eigenvalue weighted by Crippen LogP contribution is -2.15. The number of rotatable bonds is 3. The maximum Gasteiger partial charge on any atom is 0.162 e. The highest BCUT2D eigenvalue weighted by molar-refractivity contribution is 6.34. The number of fused-ring (bicyclic) bond motifs is 1. The van der Waals surface area contributed by atoms with E-state index in [0.29, 0.717) is 11.1 Å². The Morgan fingerprint density at radius 1 is 1.14 bits per heavy atom. The molecule has 2 N–H and O–H groups in total. The summed E-state index contributed by atoms with van der Waals surface area (Å²) in [4.78, 5) is 0. The molecular weight excluding hydrogens is 305 g/mol. The molecule has 0 bridgehead atoms. The molecule has 0 aliphatic carbocycles. The molecule has 112 valence electrons. The van der Waals surface area contributed by atoms with E-state index < -0.39 is 11.9 Å². The van der Waals surface area contributed by atoms with Gasteiger partial charge in [0.05, 0.1) is 24.2 Å². The van der Waals surface area contributed by atoms with Crippen LogP contribution in [-0.4, -0.2) is 17.3 Å². The smallest absolute Gasteiger partial charge is 0.162 e. The second kappa shape index (κ2) is 5.87. The van der Waals surface area contributed by atoms with E-state index in [0.717, 1.165) is 11.3 Å². The summed E-state index contributed by atoms with van der Waals surface area (Å²) in [6, 6.07) is 11.4. The van der Waals surface area contributed by atoms with Gasteiger partial charge in [-0.15, -0.1) is 5.10 Å². The van der Waals surface area contributed by atoms with Gasteiger partial charge in [-0.3, -0.25) is 0 Å². The molecule has 3 aromatic rings. The van der Waals surface area contributed by atoms with Crippen LogP contribution in [0.1, 0.15) is 17.3 Å². The molecule has 0 amide bonds. The lowest BCUT2D eigenvalue weighted by atomic mass is 10.00. The number of hydrogen-bond acceptors (Lipinski definition) is 4. The third kappa shape index (κ3) is 2.49. The van der Waals surface area contributed by atoms with Crippen molar-refractivity contribution >= 4 is 22.4 Å². The third-order valence-corrected chi connectivity index (χ3v) is 3.78. The van der Waals surface area contributed by atoms with Crippen molar-refractivity contribution in [2.24, 2.45) is 5.73 Å². The molecule has 2 aromatic carbocycles. The first kappa shape index (κ1) is 14.7. The minimum absolute atomic E-state index is 0.0266. The molecular formula is C16H13ClFN3O. The Balaban J connectivity index is 2.13. The summed E-state index contributed by atoms with van der Waals surface area (Å²) in [5.41, 5.74) is 7.56. The third-order valence-electron chi connectivity index (χ3n) is 3.51. The van der Waals surface area contributed by atoms with Gasteiger partial charge in [0.2, 0.25) is 0 Å². The van der Waals surface area contributed by atoms with Gasteiger partial charge < -0.3 is 10.5 Å². The Morgan fingerprint density at radius 2 is 1.86 bits per heavy atom. The Labute approximate surface area is 131 Å². The predicted octanol–water partition coefficient (Wildman–Crippen LogP) is 3.48. The van der Waals surface area contributed by atoms with Gasteiger partial charge in [0.25, 0.3) is 0 Å². The van der Waals surface area contributed by atoms with E-state index in [-0.39, 0.29) is 10.5 Å². The van der Waals surface area contributed by atoms with Gasteiger partial charge >= 0.3 is 0 Å². The molecule has 0 spiro atoms. The van der Waals surface area contributed by atoms with Crippen molar-refractivity contribution in [3.8, 4) is 5.75 Å². The highest BCUT2D eigenvalue weighted by Gasteiger charge is 2.18. The SMILES string of the molecule is COc1ccc(C(N)c2nnc(Cl)c3c(F)cccc23)cc1. The average Bonchev–Trinajstić information content (AvgIpc) is 2.55. The van der Waals surface area contributed by atoms with E-state index in [2.05, 4.69) is 10.2 Å². The van der Waals surface area contributed by atoms with Crippen LogP contribution >= 0.6 is 11.6 Å². The second-order valence-corrected chi connectivity index (χ2v) is 5.15. The van der Waals surface area contributed by atoms with Crippen molar-refractivity contribution in [2.75, 3.05) is 7.11 Å². The zero-order valence-corrected chi connectivity index (χ0v) is 12.5. The summed E-state index contributed by atoms with van der Waals surface area (Å²) in [6.45, 7) is 0. The number of aromatic nitrogens is 2. The van der Waals surface area contributed by atoms with Crippen molar-refractivity contribution in [2.45, 2.75) is 6.04 Å². The van der Waals surface area contributed by atoms with Crippen molar-refractivity contribution in [1.82, 2.24) is 10.2 Å². The fraction of sp³-hybridized carbons (Fsp3) is 0.125. The maximum absolute atomic E-state index is 14.0. The molecule has 0 aliphatic heterocycles. The highest BCUT2D eigenvalue weighted by Crippen LogP contribution is 2.30. The number of halogens is 2. The molecule has 0 fully saturated rings. The van der Waals surface area contributed by atoms with E-state index in [1.807, 2.05) is 12.1 Å². The van der Waals surface area contributed by atoms with Crippen molar-refractivity contribution in [3.05, 3.63) is 64.7 Å². The molecule has 3 rings (SSSR count). The highest BCUT2D eigenvalue weighted by atomic mass is 35.5. The van der Waals surface area contributed by atoms with Crippen LogP contribution in [0.5, 0.6) is 5.75 Å². The molecule has 0 saturated carbocycles. The Hall–Kier alpha value is -2.24. The van der Waals surface area contributed by atoms with E-state index in [1.165, 1.54) is 6.07 Å². The molecule has 1 heterocycles. The molecule has 1 atom stereocenters. The van der Waals surface area contributed by atoms with Gasteiger partial charge in [0.1, 0.15) is 11.6 Å². The molecule has 0 radical (unpaired) electrons. The van der Waals surface area contributed by atoms with Crippen LogP contribution in [0.2, 0.25) is 5.15 Å². The van der Waals surface area contributed by atoms with Crippen molar-refractivity contribution in [3.63, 3.8) is 0 Å². The molecule has 1 aromatic heterocycles. The van der Waals surface area contributed by atoms with Gasteiger partial charge in [0.15, 0.2) is 5.15 Å². The van der Waals surface area contributed by atoms with Crippen molar-refractivity contribution in [1.29, 1.82) is 0 Å². The zero-order chi connectivity index (χ0) is 15.7. The Bertz CT molecular complexity index is 815. The largest absolute Gasteiger partial charge is 0.497 e. The summed E-state index contributed by atoms with van der Waals surface area (Å²) >= 11 is 5.95. The van der Waals surface area contributed by atoms with Crippen LogP contribution in [0, 0.1) is 5.82 Å². The summed E-state index contributed by atoms with van der Waals surface area (Å²) in [5, 5.41) is 8.70. The quantitative estimate of drug-likeness (QED) is 0.803. The topological polar surface area (TPSA) is 61.0 Å². The van der Waals surface area contributed by atoms with Gasteiger partial charge in [-0.05, 0) is 23.8 Å². The number of methoxy groups -OCH3 is 1. The van der Waals surface area contributed by atoms with Crippen molar-refractivity contribution < 1.29 is 9.13 Å². The van der Waals surface area contributed by atoms with E-state index in [9.17, 15) is 4.39 Å². The monoisotopic (exact) mass is 317 g/mol. The fourth-order valence-corrected chi connectivity index (χ4v) is 2.58. The van der Waals surface area contributed by atoms with Crippen LogP contribution in [0.15, 0.2) is 42.5 Å². The fourth-order valence-electron chi connectivity index (χ4n) is 2.35. The van der Waals surface area contributed by atoms with E-state index in [1.54, 1.807) is 31.4 Å². The molecule has 0 saturated heterocycles. The van der Waals surface area contributed by atoms with Gasteiger partial charge in [-0.2, -0.15) is 5.10 Å². The number of benzene rings is 2.